The standard InChI is InChI=1S/C6H12BrO/c1-5(2,7)6(3,4)8/h1-4H3. The summed E-state index contributed by atoms with van der Waals surface area (Å²) in [7, 11) is 0. The molecule has 0 rings (SSSR count). The average Bonchev–Trinajstić information content (AvgIpc) is 1.25. The molecule has 0 unspecified atom stereocenters. The summed E-state index contributed by atoms with van der Waals surface area (Å²) in [5, 5.41) is 11.1. The lowest BCUT2D eigenvalue weighted by atomic mass is 9.95. The van der Waals surface area contributed by atoms with Gasteiger partial charge in [-0.15, -0.1) is 0 Å². The Morgan fingerprint density at radius 3 is 1.25 bits per heavy atom. The minimum absolute atomic E-state index is 0.306. The van der Waals surface area contributed by atoms with E-state index in [9.17, 15) is 5.11 Å². The van der Waals surface area contributed by atoms with Gasteiger partial charge >= 0.3 is 0 Å². The fourth-order valence-electron chi connectivity index (χ4n) is 0. The van der Waals surface area contributed by atoms with E-state index >= 15 is 0 Å². The SMILES string of the molecule is CC(C)([O])C(C)(C)Br. The molecule has 0 aromatic heterocycles. The van der Waals surface area contributed by atoms with Crippen LogP contribution >= 0.6 is 15.9 Å². The first kappa shape index (κ1) is 8.44. The van der Waals surface area contributed by atoms with Crippen LogP contribution in [0.2, 0.25) is 0 Å². The third-order valence-electron chi connectivity index (χ3n) is 1.43. The zero-order valence-corrected chi connectivity index (χ0v) is 7.37. The Balaban J connectivity index is 4.02. The van der Waals surface area contributed by atoms with Gasteiger partial charge in [0.25, 0.3) is 0 Å². The van der Waals surface area contributed by atoms with Gasteiger partial charge in [-0.3, -0.25) is 0 Å². The van der Waals surface area contributed by atoms with E-state index in [1.807, 2.05) is 13.8 Å². The first-order chi connectivity index (χ1) is 3.25. The lowest BCUT2D eigenvalue weighted by Crippen LogP contribution is -2.38. The minimum atomic E-state index is -0.896. The molecule has 0 atom stereocenters. The second kappa shape index (κ2) is 1.99. The second-order valence-corrected chi connectivity index (χ2v) is 4.97. The van der Waals surface area contributed by atoms with Crippen LogP contribution in [0.25, 0.3) is 0 Å². The quantitative estimate of drug-likeness (QED) is 0.552. The highest BCUT2D eigenvalue weighted by Crippen LogP contribution is 2.29. The molecule has 1 nitrogen and oxygen atoms in total. The summed E-state index contributed by atoms with van der Waals surface area (Å²) in [4.78, 5) is 0. The van der Waals surface area contributed by atoms with Crippen LogP contribution in [0.4, 0.5) is 0 Å². The van der Waals surface area contributed by atoms with Gasteiger partial charge in [-0.2, -0.15) is 0 Å². The van der Waals surface area contributed by atoms with Gasteiger partial charge in [0, 0.05) is 0 Å². The highest BCUT2D eigenvalue weighted by Gasteiger charge is 2.33. The lowest BCUT2D eigenvalue weighted by Gasteiger charge is -2.28. The van der Waals surface area contributed by atoms with Gasteiger partial charge in [0.05, 0.1) is 4.32 Å². The Bertz CT molecular complexity index is 63.5. The van der Waals surface area contributed by atoms with Crippen LogP contribution in [0.5, 0.6) is 0 Å². The second-order valence-electron chi connectivity index (χ2n) is 2.98. The van der Waals surface area contributed by atoms with Crippen LogP contribution < -0.4 is 0 Å². The molecule has 0 aliphatic carbocycles. The molecule has 0 aliphatic heterocycles. The summed E-state index contributed by atoms with van der Waals surface area (Å²) in [5.41, 5.74) is -0.896. The Labute approximate surface area is 59.2 Å². The normalized spacial score (nSPS) is 14.2. The zero-order chi connectivity index (χ0) is 7.00. The first-order valence-electron chi connectivity index (χ1n) is 2.64. The Morgan fingerprint density at radius 1 is 1.12 bits per heavy atom. The van der Waals surface area contributed by atoms with Crippen molar-refractivity contribution in [3.63, 3.8) is 0 Å². The van der Waals surface area contributed by atoms with Crippen LogP contribution in [0.15, 0.2) is 0 Å². The molecule has 0 aromatic carbocycles. The fraction of sp³-hybridized carbons (Fsp3) is 1.00. The van der Waals surface area contributed by atoms with Crippen molar-refractivity contribution in [2.24, 2.45) is 0 Å². The molecule has 0 amide bonds. The van der Waals surface area contributed by atoms with Crippen molar-refractivity contribution >= 4 is 15.9 Å². The molecule has 1 radical (unpaired) electrons. The molecule has 0 saturated carbocycles. The number of halogens is 1. The van der Waals surface area contributed by atoms with Crippen LogP contribution in [0.3, 0.4) is 0 Å². The van der Waals surface area contributed by atoms with Gasteiger partial charge in [0.15, 0.2) is 0 Å². The maximum absolute atomic E-state index is 11.1. The van der Waals surface area contributed by atoms with Crippen molar-refractivity contribution < 1.29 is 5.11 Å². The van der Waals surface area contributed by atoms with E-state index in [0.717, 1.165) is 0 Å². The fourth-order valence-corrected chi connectivity index (χ4v) is 0. The van der Waals surface area contributed by atoms with Crippen LogP contribution in [-0.2, 0) is 5.11 Å². The molecule has 0 aromatic rings. The van der Waals surface area contributed by atoms with Gasteiger partial charge in [-0.05, 0) is 27.7 Å². The zero-order valence-electron chi connectivity index (χ0n) is 5.79. The summed E-state index contributed by atoms with van der Waals surface area (Å²) in [6.07, 6.45) is 0. The maximum atomic E-state index is 11.1. The van der Waals surface area contributed by atoms with Gasteiger partial charge in [0.1, 0.15) is 5.60 Å². The van der Waals surface area contributed by atoms with E-state index in [1.54, 1.807) is 13.8 Å². The molecule has 0 saturated heterocycles. The van der Waals surface area contributed by atoms with Crippen LogP contribution in [-0.4, -0.2) is 9.93 Å². The molecule has 0 heterocycles. The first-order valence-corrected chi connectivity index (χ1v) is 3.44. The summed E-state index contributed by atoms with van der Waals surface area (Å²) in [6.45, 7) is 7.09. The number of rotatable bonds is 1. The van der Waals surface area contributed by atoms with E-state index in [-0.39, 0.29) is 4.32 Å². The molecule has 0 spiro atoms. The Hall–Kier alpha value is 0.440. The smallest absolute Gasteiger partial charge is 0.113 e. The summed E-state index contributed by atoms with van der Waals surface area (Å²) in [5.74, 6) is 0. The average molecular weight is 180 g/mol. The van der Waals surface area contributed by atoms with Gasteiger partial charge in [-0.1, -0.05) is 15.9 Å². The van der Waals surface area contributed by atoms with Crippen molar-refractivity contribution in [2.75, 3.05) is 0 Å². The number of hydrogen-bond acceptors (Lipinski definition) is 0. The highest BCUT2D eigenvalue weighted by molar-refractivity contribution is 9.10. The lowest BCUT2D eigenvalue weighted by molar-refractivity contribution is -0.0186. The van der Waals surface area contributed by atoms with E-state index in [4.69, 9.17) is 0 Å². The third kappa shape index (κ3) is 2.14. The summed E-state index contributed by atoms with van der Waals surface area (Å²) in [6, 6.07) is 0. The molecular weight excluding hydrogens is 168 g/mol. The Morgan fingerprint density at radius 2 is 1.25 bits per heavy atom. The maximum Gasteiger partial charge on any atom is 0.113 e. The topological polar surface area (TPSA) is 19.9 Å². The van der Waals surface area contributed by atoms with Crippen molar-refractivity contribution in [1.29, 1.82) is 0 Å². The number of hydrogen-bond donors (Lipinski definition) is 0. The van der Waals surface area contributed by atoms with Crippen molar-refractivity contribution in [3.05, 3.63) is 0 Å². The molecular formula is C6H12BrO. The third-order valence-corrected chi connectivity index (χ3v) is 2.39. The van der Waals surface area contributed by atoms with E-state index in [0.29, 0.717) is 0 Å². The van der Waals surface area contributed by atoms with Crippen molar-refractivity contribution in [3.8, 4) is 0 Å². The molecule has 0 bridgehead atoms. The molecule has 0 aliphatic rings. The highest BCUT2D eigenvalue weighted by atomic mass is 79.9. The van der Waals surface area contributed by atoms with E-state index < -0.39 is 5.60 Å². The number of alkyl halides is 1. The predicted molar refractivity (Wildman–Crippen MR) is 37.8 cm³/mol. The van der Waals surface area contributed by atoms with Crippen LogP contribution in [0.1, 0.15) is 27.7 Å². The molecule has 0 N–H and O–H groups in total. The Kier molecular flexibility index (Phi) is 2.10. The summed E-state index contributed by atoms with van der Waals surface area (Å²) < 4.78 is -0.306. The molecule has 2 heteroatoms. The van der Waals surface area contributed by atoms with Crippen molar-refractivity contribution in [2.45, 2.75) is 37.6 Å². The molecule has 8 heavy (non-hydrogen) atoms. The minimum Gasteiger partial charge on any atom is -0.229 e. The van der Waals surface area contributed by atoms with Gasteiger partial charge in [-0.25, -0.2) is 5.11 Å². The van der Waals surface area contributed by atoms with E-state index in [2.05, 4.69) is 15.9 Å². The van der Waals surface area contributed by atoms with E-state index in [1.165, 1.54) is 0 Å². The van der Waals surface area contributed by atoms with Crippen LogP contribution in [0, 0.1) is 0 Å². The molecule has 0 fully saturated rings. The van der Waals surface area contributed by atoms with Gasteiger partial charge < -0.3 is 0 Å². The molecule has 49 valence electrons. The monoisotopic (exact) mass is 179 g/mol. The van der Waals surface area contributed by atoms with Crippen molar-refractivity contribution in [1.82, 2.24) is 0 Å². The summed E-state index contributed by atoms with van der Waals surface area (Å²) >= 11 is 3.29. The van der Waals surface area contributed by atoms with Gasteiger partial charge in [0.2, 0.25) is 0 Å². The largest absolute Gasteiger partial charge is 0.229 e. The predicted octanol–water partition coefficient (Wildman–Crippen LogP) is 2.37.